The number of alkyl halides is 3. The molecule has 9 heteroatoms. The van der Waals surface area contributed by atoms with E-state index in [9.17, 15) is 13.2 Å². The predicted octanol–water partition coefficient (Wildman–Crippen LogP) is 3.99. The number of guanidine groups is 1. The molecule has 0 radical (unpaired) electrons. The normalized spacial score (nSPS) is 12.7. The highest BCUT2D eigenvalue weighted by Gasteiger charge is 2.34. The van der Waals surface area contributed by atoms with Gasteiger partial charge in [-0.1, -0.05) is 6.07 Å². The highest BCUT2D eigenvalue weighted by molar-refractivity contribution is 5.79. The Kier molecular flexibility index (Phi) is 11.0. The van der Waals surface area contributed by atoms with E-state index in [4.69, 9.17) is 14.2 Å². The van der Waals surface area contributed by atoms with E-state index in [0.29, 0.717) is 32.3 Å². The largest absolute Gasteiger partial charge is 0.488 e. The lowest BCUT2D eigenvalue weighted by molar-refractivity contribution is -0.138. The van der Waals surface area contributed by atoms with Crippen LogP contribution in [0.1, 0.15) is 44.7 Å². The van der Waals surface area contributed by atoms with Gasteiger partial charge < -0.3 is 24.8 Å². The molecule has 30 heavy (non-hydrogen) atoms. The molecule has 0 atom stereocenters. The van der Waals surface area contributed by atoms with Gasteiger partial charge in [0.05, 0.1) is 18.8 Å². The molecule has 0 aromatic heterocycles. The lowest BCUT2D eigenvalue weighted by Gasteiger charge is -2.23. The SMILES string of the molecule is CN=C(NCCCCOCCOC)NCc1ccc(OC(C)(C)C)cc1C(F)(F)F. The molecule has 0 bridgehead atoms. The highest BCUT2D eigenvalue weighted by Crippen LogP contribution is 2.35. The summed E-state index contributed by atoms with van der Waals surface area (Å²) < 4.78 is 56.4. The van der Waals surface area contributed by atoms with E-state index in [2.05, 4.69) is 15.6 Å². The van der Waals surface area contributed by atoms with Gasteiger partial charge in [0.2, 0.25) is 0 Å². The number of unbranched alkanes of at least 4 members (excludes halogenated alkanes) is 1. The van der Waals surface area contributed by atoms with Crippen molar-refractivity contribution in [3.05, 3.63) is 29.3 Å². The van der Waals surface area contributed by atoms with Crippen molar-refractivity contribution < 1.29 is 27.4 Å². The predicted molar refractivity (Wildman–Crippen MR) is 112 cm³/mol. The van der Waals surface area contributed by atoms with Gasteiger partial charge in [0.15, 0.2) is 5.96 Å². The number of methoxy groups -OCH3 is 1. The topological polar surface area (TPSA) is 64.1 Å². The Morgan fingerprint density at radius 1 is 1.03 bits per heavy atom. The monoisotopic (exact) mass is 433 g/mol. The average Bonchev–Trinajstić information content (AvgIpc) is 2.65. The standard InChI is InChI=1S/C21H34F3N3O3/c1-20(2,3)30-17-9-8-16(18(14-17)21(22,23)24)15-27-19(25-4)26-10-6-7-11-29-13-12-28-5/h8-9,14H,6-7,10-13,15H2,1-5H3,(H2,25,26,27). The van der Waals surface area contributed by atoms with Crippen LogP contribution in [0.25, 0.3) is 0 Å². The number of hydrogen-bond acceptors (Lipinski definition) is 4. The molecular formula is C21H34F3N3O3. The summed E-state index contributed by atoms with van der Waals surface area (Å²) in [5, 5.41) is 6.03. The zero-order valence-corrected chi connectivity index (χ0v) is 18.5. The van der Waals surface area contributed by atoms with Gasteiger partial charge in [0.1, 0.15) is 11.4 Å². The van der Waals surface area contributed by atoms with Gasteiger partial charge in [-0.05, 0) is 51.3 Å². The molecule has 0 saturated carbocycles. The summed E-state index contributed by atoms with van der Waals surface area (Å²) in [5.74, 6) is 0.632. The van der Waals surface area contributed by atoms with E-state index in [1.807, 2.05) is 0 Å². The molecule has 1 rings (SSSR count). The summed E-state index contributed by atoms with van der Waals surface area (Å²) >= 11 is 0. The van der Waals surface area contributed by atoms with Crippen LogP contribution in [-0.4, -0.2) is 52.1 Å². The second-order valence-electron chi connectivity index (χ2n) is 7.70. The van der Waals surface area contributed by atoms with Crippen molar-refractivity contribution in [2.45, 2.75) is 51.9 Å². The fraction of sp³-hybridized carbons (Fsp3) is 0.667. The minimum Gasteiger partial charge on any atom is -0.488 e. The highest BCUT2D eigenvalue weighted by atomic mass is 19.4. The van der Waals surface area contributed by atoms with E-state index in [0.717, 1.165) is 18.9 Å². The molecular weight excluding hydrogens is 399 g/mol. The summed E-state index contributed by atoms with van der Waals surface area (Å²) in [5.41, 5.74) is -1.18. The number of nitrogens with zero attached hydrogens (tertiary/aromatic N) is 1. The smallest absolute Gasteiger partial charge is 0.416 e. The van der Waals surface area contributed by atoms with E-state index < -0.39 is 17.3 Å². The van der Waals surface area contributed by atoms with Crippen LogP contribution >= 0.6 is 0 Å². The maximum atomic E-state index is 13.5. The minimum atomic E-state index is -4.48. The van der Waals surface area contributed by atoms with E-state index >= 15 is 0 Å². The third-order valence-electron chi connectivity index (χ3n) is 3.92. The van der Waals surface area contributed by atoms with Gasteiger partial charge in [-0.2, -0.15) is 13.2 Å². The Morgan fingerprint density at radius 2 is 1.77 bits per heavy atom. The first kappa shape index (κ1) is 26.0. The Hall–Kier alpha value is -2.00. The minimum absolute atomic E-state index is 0.00948. The van der Waals surface area contributed by atoms with Crippen LogP contribution in [-0.2, 0) is 22.2 Å². The zero-order chi connectivity index (χ0) is 22.6. The van der Waals surface area contributed by atoms with E-state index in [1.54, 1.807) is 41.0 Å². The molecule has 0 unspecified atom stereocenters. The molecule has 0 amide bonds. The maximum Gasteiger partial charge on any atom is 0.416 e. The van der Waals surface area contributed by atoms with Crippen LogP contribution < -0.4 is 15.4 Å². The average molecular weight is 434 g/mol. The molecule has 0 fully saturated rings. The molecule has 0 aliphatic carbocycles. The summed E-state index contributed by atoms with van der Waals surface area (Å²) in [6, 6.07) is 4.03. The lowest BCUT2D eigenvalue weighted by atomic mass is 10.1. The van der Waals surface area contributed by atoms with Gasteiger partial charge in [0.25, 0.3) is 0 Å². The lowest BCUT2D eigenvalue weighted by Crippen LogP contribution is -2.37. The number of halogens is 3. The van der Waals surface area contributed by atoms with E-state index in [1.165, 1.54) is 6.07 Å². The quantitative estimate of drug-likeness (QED) is 0.314. The van der Waals surface area contributed by atoms with Crippen molar-refractivity contribution >= 4 is 5.96 Å². The van der Waals surface area contributed by atoms with Crippen molar-refractivity contribution in [2.24, 2.45) is 4.99 Å². The Bertz CT molecular complexity index is 659. The third kappa shape index (κ3) is 10.7. The fourth-order valence-corrected chi connectivity index (χ4v) is 2.57. The van der Waals surface area contributed by atoms with Gasteiger partial charge in [-0.15, -0.1) is 0 Å². The zero-order valence-electron chi connectivity index (χ0n) is 18.5. The number of rotatable bonds is 11. The first-order valence-electron chi connectivity index (χ1n) is 9.97. The molecule has 0 heterocycles. The Balaban J connectivity index is 2.58. The summed E-state index contributed by atoms with van der Waals surface area (Å²) in [7, 11) is 3.20. The Morgan fingerprint density at radius 3 is 2.37 bits per heavy atom. The van der Waals surface area contributed by atoms with Crippen molar-refractivity contribution in [3.63, 3.8) is 0 Å². The fourth-order valence-electron chi connectivity index (χ4n) is 2.57. The maximum absolute atomic E-state index is 13.5. The van der Waals surface area contributed by atoms with Crippen LogP contribution in [0.4, 0.5) is 13.2 Å². The number of aliphatic imine (C=N–C) groups is 1. The second kappa shape index (κ2) is 12.6. The molecule has 172 valence electrons. The van der Waals surface area contributed by atoms with E-state index in [-0.39, 0.29) is 17.9 Å². The summed E-state index contributed by atoms with van der Waals surface area (Å²) in [4.78, 5) is 4.06. The second-order valence-corrected chi connectivity index (χ2v) is 7.70. The van der Waals surface area contributed by atoms with Crippen LogP contribution in [0, 0.1) is 0 Å². The van der Waals surface area contributed by atoms with Crippen molar-refractivity contribution in [1.29, 1.82) is 0 Å². The van der Waals surface area contributed by atoms with Gasteiger partial charge in [0, 0.05) is 33.9 Å². The molecule has 0 spiro atoms. The van der Waals surface area contributed by atoms with Crippen LogP contribution in [0.5, 0.6) is 5.75 Å². The number of ether oxygens (including phenoxy) is 3. The Labute approximate surface area is 177 Å². The molecule has 0 aliphatic rings. The van der Waals surface area contributed by atoms with Gasteiger partial charge in [-0.25, -0.2) is 0 Å². The van der Waals surface area contributed by atoms with Gasteiger partial charge in [-0.3, -0.25) is 4.99 Å². The molecule has 6 nitrogen and oxygen atoms in total. The molecule has 1 aromatic rings. The number of benzene rings is 1. The molecule has 0 saturated heterocycles. The van der Waals surface area contributed by atoms with Crippen molar-refractivity contribution in [1.82, 2.24) is 10.6 Å². The molecule has 0 aliphatic heterocycles. The first-order chi connectivity index (χ1) is 14.1. The summed E-state index contributed by atoms with van der Waals surface area (Å²) in [6.45, 7) is 7.76. The van der Waals surface area contributed by atoms with Crippen molar-refractivity contribution in [2.75, 3.05) is 40.5 Å². The van der Waals surface area contributed by atoms with Crippen LogP contribution in [0.15, 0.2) is 23.2 Å². The molecule has 2 N–H and O–H groups in total. The van der Waals surface area contributed by atoms with Crippen LogP contribution in [0.3, 0.4) is 0 Å². The third-order valence-corrected chi connectivity index (χ3v) is 3.92. The number of hydrogen-bond donors (Lipinski definition) is 2. The summed E-state index contributed by atoms with van der Waals surface area (Å²) in [6.07, 6.45) is -2.77. The molecule has 1 aromatic carbocycles. The van der Waals surface area contributed by atoms with Crippen molar-refractivity contribution in [3.8, 4) is 5.75 Å². The number of nitrogens with one attached hydrogen (secondary N) is 2. The first-order valence-corrected chi connectivity index (χ1v) is 9.97. The van der Waals surface area contributed by atoms with Gasteiger partial charge >= 0.3 is 6.18 Å². The van der Waals surface area contributed by atoms with Crippen LogP contribution in [0.2, 0.25) is 0 Å².